The van der Waals surface area contributed by atoms with Crippen LogP contribution in [0.25, 0.3) is 22.9 Å². The lowest BCUT2D eigenvalue weighted by molar-refractivity contribution is 0.0999. The van der Waals surface area contributed by atoms with Crippen LogP contribution in [0.1, 0.15) is 21.5 Å². The van der Waals surface area contributed by atoms with E-state index in [-0.39, 0.29) is 5.91 Å². The molecular weight excluding hydrogens is 330 g/mol. The molecule has 0 saturated carbocycles. The molecule has 0 aliphatic carbocycles. The first-order chi connectivity index (χ1) is 13.3. The molecule has 4 aromatic rings. The Morgan fingerprint density at radius 1 is 0.593 bits per heavy atom. The van der Waals surface area contributed by atoms with Crippen molar-refractivity contribution in [3.63, 3.8) is 0 Å². The van der Waals surface area contributed by atoms with E-state index in [0.29, 0.717) is 5.56 Å². The molecule has 0 bridgehead atoms. The molecule has 27 heavy (non-hydrogen) atoms. The van der Waals surface area contributed by atoms with Crippen LogP contribution in [-0.2, 0) is 0 Å². The van der Waals surface area contributed by atoms with Gasteiger partial charge >= 0.3 is 0 Å². The van der Waals surface area contributed by atoms with E-state index < -0.39 is 0 Å². The molecular formula is C25H17NO. The lowest BCUT2D eigenvalue weighted by atomic mass is 10.0. The molecule has 2 heteroatoms. The summed E-state index contributed by atoms with van der Waals surface area (Å²) in [6, 6.07) is 30.0. The predicted octanol–water partition coefficient (Wildman–Crippen LogP) is 6.30. The van der Waals surface area contributed by atoms with Crippen molar-refractivity contribution in [2.75, 3.05) is 4.90 Å². The summed E-state index contributed by atoms with van der Waals surface area (Å²) >= 11 is 0. The average Bonchev–Trinajstić information content (AvgIpc) is 2.90. The monoisotopic (exact) mass is 347 g/mol. The van der Waals surface area contributed by atoms with E-state index in [0.717, 1.165) is 33.3 Å². The molecule has 0 fully saturated rings. The van der Waals surface area contributed by atoms with Crippen molar-refractivity contribution in [1.29, 1.82) is 0 Å². The number of hydrogen-bond donors (Lipinski definition) is 0. The maximum Gasteiger partial charge on any atom is 0.262 e. The van der Waals surface area contributed by atoms with Crippen LogP contribution in [0.4, 0.5) is 11.4 Å². The van der Waals surface area contributed by atoms with Gasteiger partial charge < -0.3 is 0 Å². The molecule has 4 aromatic carbocycles. The number of para-hydroxylation sites is 2. The van der Waals surface area contributed by atoms with Gasteiger partial charge in [0, 0.05) is 5.56 Å². The quantitative estimate of drug-likeness (QED) is 0.395. The van der Waals surface area contributed by atoms with Crippen molar-refractivity contribution < 1.29 is 4.79 Å². The van der Waals surface area contributed by atoms with Crippen molar-refractivity contribution in [3.05, 3.63) is 108 Å². The van der Waals surface area contributed by atoms with Crippen molar-refractivity contribution in [1.82, 2.24) is 0 Å². The first kappa shape index (κ1) is 15.6. The number of nitrogens with zero attached hydrogens (tertiary/aromatic N) is 1. The van der Waals surface area contributed by atoms with Gasteiger partial charge in [0.25, 0.3) is 5.91 Å². The van der Waals surface area contributed by atoms with E-state index in [1.165, 1.54) is 0 Å². The zero-order valence-electron chi connectivity index (χ0n) is 14.7. The Labute approximate surface area is 158 Å². The third-order valence-electron chi connectivity index (χ3n) is 5.00. The SMILES string of the molecule is O=C(c1ccc2ccccc2c1)N1c2ccccc2C=Cc2ccccc21. The number of amides is 1. The molecule has 1 aliphatic rings. The van der Waals surface area contributed by atoms with Crippen LogP contribution in [-0.4, -0.2) is 5.91 Å². The Kier molecular flexibility index (Phi) is 3.61. The molecule has 1 amide bonds. The van der Waals surface area contributed by atoms with Crippen LogP contribution in [0, 0.1) is 0 Å². The third kappa shape index (κ3) is 2.63. The summed E-state index contributed by atoms with van der Waals surface area (Å²) in [5, 5.41) is 2.20. The van der Waals surface area contributed by atoms with Gasteiger partial charge in [0.1, 0.15) is 0 Å². The Balaban J connectivity index is 1.70. The molecule has 1 aliphatic heterocycles. The second-order valence-corrected chi connectivity index (χ2v) is 6.65. The number of hydrogen-bond acceptors (Lipinski definition) is 1. The van der Waals surface area contributed by atoms with Gasteiger partial charge in [-0.05, 0) is 46.2 Å². The summed E-state index contributed by atoms with van der Waals surface area (Å²) in [5.41, 5.74) is 4.54. The van der Waals surface area contributed by atoms with Gasteiger partial charge in [-0.25, -0.2) is 0 Å². The van der Waals surface area contributed by atoms with Crippen molar-refractivity contribution >= 4 is 40.2 Å². The van der Waals surface area contributed by atoms with Crippen LogP contribution < -0.4 is 4.90 Å². The molecule has 0 radical (unpaired) electrons. The molecule has 1 heterocycles. The van der Waals surface area contributed by atoms with Gasteiger partial charge in [0.05, 0.1) is 11.4 Å². The zero-order chi connectivity index (χ0) is 18.2. The number of carbonyl (C=O) groups is 1. The Hall–Kier alpha value is -3.65. The van der Waals surface area contributed by atoms with Gasteiger partial charge in [-0.3, -0.25) is 9.69 Å². The summed E-state index contributed by atoms with van der Waals surface area (Å²) in [5.74, 6) is -0.0237. The highest BCUT2D eigenvalue weighted by molar-refractivity contribution is 6.15. The van der Waals surface area contributed by atoms with Crippen molar-refractivity contribution in [2.24, 2.45) is 0 Å². The van der Waals surface area contributed by atoms with E-state index in [9.17, 15) is 4.79 Å². The molecule has 2 nitrogen and oxygen atoms in total. The van der Waals surface area contributed by atoms with E-state index in [4.69, 9.17) is 0 Å². The van der Waals surface area contributed by atoms with Crippen LogP contribution in [0.3, 0.4) is 0 Å². The summed E-state index contributed by atoms with van der Waals surface area (Å²) in [6.07, 6.45) is 4.14. The fourth-order valence-electron chi connectivity index (χ4n) is 3.64. The topological polar surface area (TPSA) is 20.3 Å². The molecule has 5 rings (SSSR count). The summed E-state index contributed by atoms with van der Waals surface area (Å²) in [6.45, 7) is 0. The van der Waals surface area contributed by atoms with E-state index in [1.54, 1.807) is 0 Å². The average molecular weight is 347 g/mol. The van der Waals surface area contributed by atoms with Gasteiger partial charge in [0.2, 0.25) is 0 Å². The fraction of sp³-hybridized carbons (Fsp3) is 0. The first-order valence-corrected chi connectivity index (χ1v) is 9.01. The maximum absolute atomic E-state index is 13.6. The lowest BCUT2D eigenvalue weighted by Gasteiger charge is -2.25. The van der Waals surface area contributed by atoms with E-state index in [2.05, 4.69) is 18.2 Å². The summed E-state index contributed by atoms with van der Waals surface area (Å²) in [7, 11) is 0. The lowest BCUT2D eigenvalue weighted by Crippen LogP contribution is -2.26. The maximum atomic E-state index is 13.6. The normalized spacial score (nSPS) is 12.4. The Morgan fingerprint density at radius 3 is 1.81 bits per heavy atom. The second-order valence-electron chi connectivity index (χ2n) is 6.65. The van der Waals surface area contributed by atoms with Crippen LogP contribution in [0.5, 0.6) is 0 Å². The number of carbonyl (C=O) groups excluding carboxylic acids is 1. The molecule has 0 N–H and O–H groups in total. The smallest absolute Gasteiger partial charge is 0.262 e. The van der Waals surface area contributed by atoms with E-state index >= 15 is 0 Å². The molecule has 0 unspecified atom stereocenters. The van der Waals surface area contributed by atoms with Gasteiger partial charge in [0.15, 0.2) is 0 Å². The highest BCUT2D eigenvalue weighted by Gasteiger charge is 2.24. The highest BCUT2D eigenvalue weighted by atomic mass is 16.2. The summed E-state index contributed by atoms with van der Waals surface area (Å²) in [4.78, 5) is 15.4. The van der Waals surface area contributed by atoms with Crippen LogP contribution in [0.2, 0.25) is 0 Å². The van der Waals surface area contributed by atoms with Crippen LogP contribution in [0.15, 0.2) is 91.0 Å². The Morgan fingerprint density at radius 2 is 1.15 bits per heavy atom. The van der Waals surface area contributed by atoms with Gasteiger partial charge in [-0.2, -0.15) is 0 Å². The molecule has 128 valence electrons. The zero-order valence-corrected chi connectivity index (χ0v) is 14.7. The minimum atomic E-state index is -0.0237. The molecule has 0 aromatic heterocycles. The molecule has 0 atom stereocenters. The van der Waals surface area contributed by atoms with E-state index in [1.807, 2.05) is 89.8 Å². The van der Waals surface area contributed by atoms with Gasteiger partial charge in [-0.1, -0.05) is 78.9 Å². The number of anilines is 2. The number of fused-ring (bicyclic) bond motifs is 3. The Bertz CT molecular complexity index is 1160. The predicted molar refractivity (Wildman–Crippen MR) is 112 cm³/mol. The third-order valence-corrected chi connectivity index (χ3v) is 5.00. The fourth-order valence-corrected chi connectivity index (χ4v) is 3.64. The first-order valence-electron chi connectivity index (χ1n) is 9.01. The molecule has 0 saturated heterocycles. The second kappa shape index (κ2) is 6.26. The minimum Gasteiger partial charge on any atom is -0.276 e. The standard InChI is InChI=1S/C25H17NO/c27-25(22-16-13-18-7-1-2-10-21(18)17-22)26-23-11-5-3-8-19(23)14-15-20-9-4-6-12-24(20)26/h1-17H. The van der Waals surface area contributed by atoms with Crippen LogP contribution >= 0.6 is 0 Å². The largest absolute Gasteiger partial charge is 0.276 e. The molecule has 0 spiro atoms. The number of rotatable bonds is 1. The number of benzene rings is 4. The highest BCUT2D eigenvalue weighted by Crippen LogP contribution is 2.37. The summed E-state index contributed by atoms with van der Waals surface area (Å²) < 4.78 is 0. The van der Waals surface area contributed by atoms with Crippen molar-refractivity contribution in [3.8, 4) is 0 Å². The van der Waals surface area contributed by atoms with Crippen molar-refractivity contribution in [2.45, 2.75) is 0 Å². The van der Waals surface area contributed by atoms with Gasteiger partial charge in [-0.15, -0.1) is 0 Å². The minimum absolute atomic E-state index is 0.0237.